The van der Waals surface area contributed by atoms with Crippen LogP contribution in [0.4, 0.5) is 0 Å². The molecule has 2 aromatic carbocycles. The molecule has 0 aliphatic rings. The summed E-state index contributed by atoms with van der Waals surface area (Å²) in [6.07, 6.45) is 1.86. The van der Waals surface area contributed by atoms with E-state index in [4.69, 9.17) is 0 Å². The van der Waals surface area contributed by atoms with Crippen molar-refractivity contribution in [1.82, 2.24) is 9.62 Å². The summed E-state index contributed by atoms with van der Waals surface area (Å²) in [7, 11) is -3.52. The first-order valence-corrected chi connectivity index (χ1v) is 11.3. The second-order valence-corrected chi connectivity index (χ2v) is 9.37. The second-order valence-electron chi connectivity index (χ2n) is 7.39. The van der Waals surface area contributed by atoms with Gasteiger partial charge in [-0.3, -0.25) is 4.79 Å². The van der Waals surface area contributed by atoms with Gasteiger partial charge in [-0.2, -0.15) is 4.31 Å². The summed E-state index contributed by atoms with van der Waals surface area (Å²) < 4.78 is 25.6. The highest BCUT2D eigenvalue weighted by Crippen LogP contribution is 2.20. The smallest absolute Gasteiger partial charge is 0.235 e. The Morgan fingerprint density at radius 3 is 2.21 bits per heavy atom. The molecule has 0 bridgehead atoms. The number of sulfonamides is 1. The SMILES string of the molecule is CC[C@@H](NC(=O)CN(Cc1ccc(C)cc1)S(C)(=O)=O)c1ccc(C)c(C)c1. The number of amides is 1. The average Bonchev–Trinajstić information content (AvgIpc) is 2.62. The molecule has 0 saturated heterocycles. The highest BCUT2D eigenvalue weighted by atomic mass is 32.2. The van der Waals surface area contributed by atoms with Crippen LogP contribution in [0.3, 0.4) is 0 Å². The van der Waals surface area contributed by atoms with E-state index in [2.05, 4.69) is 11.4 Å². The zero-order valence-electron chi connectivity index (χ0n) is 17.3. The lowest BCUT2D eigenvalue weighted by atomic mass is 9.99. The molecule has 2 aromatic rings. The van der Waals surface area contributed by atoms with Gasteiger partial charge in [-0.05, 0) is 49.4 Å². The van der Waals surface area contributed by atoms with Crippen molar-refractivity contribution in [3.05, 3.63) is 70.3 Å². The third-order valence-corrected chi connectivity index (χ3v) is 6.14. The standard InChI is InChI=1S/C22H30N2O3S/c1-6-21(20-12-9-17(3)18(4)13-20)23-22(25)15-24(28(5,26)27)14-19-10-7-16(2)8-11-19/h7-13,21H,6,14-15H2,1-5H3,(H,23,25)/t21-/m1/s1. The number of aryl methyl sites for hydroxylation is 3. The Hall–Kier alpha value is -2.18. The van der Waals surface area contributed by atoms with E-state index in [0.717, 1.165) is 29.4 Å². The van der Waals surface area contributed by atoms with Crippen molar-refractivity contribution in [3.8, 4) is 0 Å². The van der Waals surface area contributed by atoms with E-state index >= 15 is 0 Å². The van der Waals surface area contributed by atoms with Gasteiger partial charge in [0, 0.05) is 6.54 Å². The Morgan fingerprint density at radius 1 is 1.04 bits per heavy atom. The molecule has 0 aliphatic carbocycles. The van der Waals surface area contributed by atoms with Crippen LogP contribution in [-0.2, 0) is 21.4 Å². The normalized spacial score (nSPS) is 12.8. The van der Waals surface area contributed by atoms with Crippen molar-refractivity contribution in [3.63, 3.8) is 0 Å². The maximum Gasteiger partial charge on any atom is 0.235 e. The van der Waals surface area contributed by atoms with Crippen LogP contribution in [-0.4, -0.2) is 31.4 Å². The fraction of sp³-hybridized carbons (Fsp3) is 0.409. The third kappa shape index (κ3) is 6.17. The molecule has 0 heterocycles. The van der Waals surface area contributed by atoms with Crippen LogP contribution in [0.1, 0.15) is 47.2 Å². The van der Waals surface area contributed by atoms with Crippen LogP contribution >= 0.6 is 0 Å². The Kier molecular flexibility index (Phi) is 7.38. The molecular weight excluding hydrogens is 372 g/mol. The molecule has 6 heteroatoms. The van der Waals surface area contributed by atoms with Gasteiger partial charge in [-0.25, -0.2) is 8.42 Å². The number of hydrogen-bond donors (Lipinski definition) is 1. The van der Waals surface area contributed by atoms with Crippen molar-refractivity contribution in [1.29, 1.82) is 0 Å². The van der Waals surface area contributed by atoms with Gasteiger partial charge in [0.25, 0.3) is 0 Å². The van der Waals surface area contributed by atoms with E-state index in [1.54, 1.807) is 0 Å². The van der Waals surface area contributed by atoms with Crippen LogP contribution in [0, 0.1) is 20.8 Å². The van der Waals surface area contributed by atoms with Crippen molar-refractivity contribution < 1.29 is 13.2 Å². The minimum absolute atomic E-state index is 0.146. The first-order valence-electron chi connectivity index (χ1n) is 9.47. The van der Waals surface area contributed by atoms with E-state index in [1.807, 2.05) is 64.1 Å². The van der Waals surface area contributed by atoms with Crippen LogP contribution < -0.4 is 5.32 Å². The second kappa shape index (κ2) is 9.34. The molecule has 5 nitrogen and oxygen atoms in total. The monoisotopic (exact) mass is 402 g/mol. The van der Waals surface area contributed by atoms with Crippen LogP contribution in [0.15, 0.2) is 42.5 Å². The fourth-order valence-corrected chi connectivity index (χ4v) is 3.73. The molecule has 0 aromatic heterocycles. The van der Waals surface area contributed by atoms with Gasteiger partial charge in [0.05, 0.1) is 18.8 Å². The Morgan fingerprint density at radius 2 is 1.68 bits per heavy atom. The number of carbonyl (C=O) groups excluding carboxylic acids is 1. The van der Waals surface area contributed by atoms with E-state index in [-0.39, 0.29) is 25.0 Å². The minimum atomic E-state index is -3.52. The summed E-state index contributed by atoms with van der Waals surface area (Å²) >= 11 is 0. The lowest BCUT2D eigenvalue weighted by Gasteiger charge is -2.23. The van der Waals surface area contributed by atoms with Gasteiger partial charge in [0.2, 0.25) is 15.9 Å². The maximum absolute atomic E-state index is 12.6. The van der Waals surface area contributed by atoms with Crippen molar-refractivity contribution in [2.45, 2.75) is 46.7 Å². The number of nitrogens with one attached hydrogen (secondary N) is 1. The number of benzene rings is 2. The summed E-state index contributed by atoms with van der Waals surface area (Å²) in [5.41, 5.74) is 5.36. The van der Waals surface area contributed by atoms with Crippen LogP contribution in [0.5, 0.6) is 0 Å². The van der Waals surface area contributed by atoms with Crippen molar-refractivity contribution in [2.24, 2.45) is 0 Å². The van der Waals surface area contributed by atoms with Gasteiger partial charge in [-0.15, -0.1) is 0 Å². The average molecular weight is 403 g/mol. The number of nitrogens with zero attached hydrogens (tertiary/aromatic N) is 1. The predicted octanol–water partition coefficient (Wildman–Crippen LogP) is 3.64. The first kappa shape index (κ1) is 22.1. The maximum atomic E-state index is 12.6. The zero-order chi connectivity index (χ0) is 20.9. The molecule has 1 amide bonds. The molecule has 2 rings (SSSR count). The van der Waals surface area contributed by atoms with Gasteiger partial charge >= 0.3 is 0 Å². The quantitative estimate of drug-likeness (QED) is 0.733. The van der Waals surface area contributed by atoms with Gasteiger partial charge in [0.1, 0.15) is 0 Å². The van der Waals surface area contributed by atoms with Gasteiger partial charge in [-0.1, -0.05) is 55.0 Å². The minimum Gasteiger partial charge on any atom is -0.348 e. The molecule has 0 spiro atoms. The lowest BCUT2D eigenvalue weighted by Crippen LogP contribution is -2.41. The Balaban J connectivity index is 2.11. The molecule has 0 saturated carbocycles. The summed E-state index contributed by atoms with van der Waals surface area (Å²) in [4.78, 5) is 12.6. The van der Waals surface area contributed by atoms with Crippen LogP contribution in [0.25, 0.3) is 0 Å². The Bertz CT molecular complexity index is 921. The largest absolute Gasteiger partial charge is 0.348 e. The van der Waals surface area contributed by atoms with Crippen LogP contribution in [0.2, 0.25) is 0 Å². The Labute approximate surface area is 168 Å². The third-order valence-electron chi connectivity index (χ3n) is 4.95. The summed E-state index contributed by atoms with van der Waals surface area (Å²) in [5, 5.41) is 2.98. The van der Waals surface area contributed by atoms with Crippen molar-refractivity contribution >= 4 is 15.9 Å². The highest BCUT2D eigenvalue weighted by molar-refractivity contribution is 7.88. The number of hydrogen-bond acceptors (Lipinski definition) is 3. The molecule has 0 fully saturated rings. The lowest BCUT2D eigenvalue weighted by molar-refractivity contribution is -0.122. The molecule has 28 heavy (non-hydrogen) atoms. The van der Waals surface area contributed by atoms with Gasteiger partial charge < -0.3 is 5.32 Å². The molecular formula is C22H30N2O3S. The first-order chi connectivity index (χ1) is 13.1. The van der Waals surface area contributed by atoms with E-state index in [0.29, 0.717) is 0 Å². The summed E-state index contributed by atoms with van der Waals surface area (Å²) in [5.74, 6) is -0.303. The van der Waals surface area contributed by atoms with Gasteiger partial charge in [0.15, 0.2) is 0 Å². The topological polar surface area (TPSA) is 66.5 Å². The molecule has 0 radical (unpaired) electrons. The molecule has 1 atom stereocenters. The highest BCUT2D eigenvalue weighted by Gasteiger charge is 2.22. The molecule has 0 aliphatic heterocycles. The number of rotatable bonds is 8. The van der Waals surface area contributed by atoms with E-state index in [9.17, 15) is 13.2 Å². The van der Waals surface area contributed by atoms with E-state index in [1.165, 1.54) is 15.4 Å². The summed E-state index contributed by atoms with van der Waals surface area (Å²) in [6.45, 7) is 8.04. The summed E-state index contributed by atoms with van der Waals surface area (Å²) in [6, 6.07) is 13.6. The molecule has 152 valence electrons. The predicted molar refractivity (Wildman–Crippen MR) is 114 cm³/mol. The molecule has 1 N–H and O–H groups in total. The molecule has 0 unspecified atom stereocenters. The number of carbonyl (C=O) groups is 1. The van der Waals surface area contributed by atoms with E-state index < -0.39 is 10.0 Å². The fourth-order valence-electron chi connectivity index (χ4n) is 2.99. The zero-order valence-corrected chi connectivity index (χ0v) is 18.1. The van der Waals surface area contributed by atoms with Crippen molar-refractivity contribution in [2.75, 3.05) is 12.8 Å².